The molecule has 3 amide bonds. The van der Waals surface area contributed by atoms with Gasteiger partial charge in [0.2, 0.25) is 0 Å². The van der Waals surface area contributed by atoms with Crippen LogP contribution in [-0.4, -0.2) is 24.6 Å². The summed E-state index contributed by atoms with van der Waals surface area (Å²) in [4.78, 5) is 35.1. The summed E-state index contributed by atoms with van der Waals surface area (Å²) in [6.45, 7) is 1.79. The van der Waals surface area contributed by atoms with Crippen LogP contribution in [0.1, 0.15) is 32.6 Å². The van der Waals surface area contributed by atoms with Gasteiger partial charge in [-0.2, -0.15) is 0 Å². The Morgan fingerprint density at radius 2 is 1.96 bits per heavy atom. The first-order valence-corrected chi connectivity index (χ1v) is 8.78. The maximum absolute atomic E-state index is 11.9. The van der Waals surface area contributed by atoms with Crippen molar-refractivity contribution in [1.82, 2.24) is 10.6 Å². The Balaban J connectivity index is 1.50. The second kappa shape index (κ2) is 8.03. The van der Waals surface area contributed by atoms with Crippen LogP contribution in [0.15, 0.2) is 39.5 Å². The predicted octanol–water partition coefficient (Wildman–Crippen LogP) is 2.58. The average Bonchev–Trinajstić information content (AvgIpc) is 2.61. The van der Waals surface area contributed by atoms with Crippen molar-refractivity contribution in [3.63, 3.8) is 0 Å². The number of hydrogen-bond acceptors (Lipinski definition) is 5. The number of carbonyl (C=O) groups excluding carboxylic acids is 2. The minimum Gasteiger partial charge on any atom is -0.484 e. The molecule has 0 unspecified atom stereocenters. The van der Waals surface area contributed by atoms with Gasteiger partial charge in [0.05, 0.1) is 0 Å². The fourth-order valence-electron chi connectivity index (χ4n) is 3.18. The topological polar surface area (TPSA) is 97.6 Å². The summed E-state index contributed by atoms with van der Waals surface area (Å²) >= 11 is 0. The van der Waals surface area contributed by atoms with E-state index in [4.69, 9.17) is 9.15 Å². The Morgan fingerprint density at radius 3 is 2.77 bits per heavy atom. The first-order chi connectivity index (χ1) is 12.5. The second-order valence-corrected chi connectivity index (χ2v) is 6.63. The van der Waals surface area contributed by atoms with Crippen molar-refractivity contribution in [2.45, 2.75) is 38.6 Å². The highest BCUT2D eigenvalue weighted by atomic mass is 16.5. The lowest BCUT2D eigenvalue weighted by Crippen LogP contribution is -2.48. The van der Waals surface area contributed by atoms with Crippen molar-refractivity contribution in [1.29, 1.82) is 0 Å². The zero-order valence-corrected chi connectivity index (χ0v) is 14.6. The lowest BCUT2D eigenvalue weighted by Gasteiger charge is -2.29. The molecule has 1 aliphatic carbocycles. The molecule has 138 valence electrons. The normalized spacial score (nSPS) is 19.7. The van der Waals surface area contributed by atoms with Crippen molar-refractivity contribution in [2.75, 3.05) is 6.61 Å². The fraction of sp³-hybridized carbons (Fsp3) is 0.421. The van der Waals surface area contributed by atoms with E-state index < -0.39 is 17.6 Å². The van der Waals surface area contributed by atoms with E-state index >= 15 is 0 Å². The first-order valence-electron chi connectivity index (χ1n) is 8.78. The van der Waals surface area contributed by atoms with E-state index in [1.54, 1.807) is 18.2 Å². The largest absolute Gasteiger partial charge is 0.484 e. The van der Waals surface area contributed by atoms with Crippen LogP contribution in [0.5, 0.6) is 5.75 Å². The molecule has 1 aromatic carbocycles. The summed E-state index contributed by atoms with van der Waals surface area (Å²) < 4.78 is 10.4. The van der Waals surface area contributed by atoms with Crippen LogP contribution in [0.4, 0.5) is 4.79 Å². The molecule has 0 radical (unpaired) electrons. The second-order valence-electron chi connectivity index (χ2n) is 6.63. The zero-order valence-electron chi connectivity index (χ0n) is 14.6. The Morgan fingerprint density at radius 1 is 1.19 bits per heavy atom. The summed E-state index contributed by atoms with van der Waals surface area (Å²) in [5.74, 6) is 0.247. The van der Waals surface area contributed by atoms with Crippen LogP contribution in [0.3, 0.4) is 0 Å². The van der Waals surface area contributed by atoms with Gasteiger partial charge in [-0.15, -0.1) is 0 Å². The van der Waals surface area contributed by atoms with Gasteiger partial charge in [0.25, 0.3) is 5.91 Å². The van der Waals surface area contributed by atoms with Gasteiger partial charge in [-0.05, 0) is 37.0 Å². The van der Waals surface area contributed by atoms with E-state index in [1.165, 1.54) is 18.6 Å². The molecule has 2 aromatic rings. The van der Waals surface area contributed by atoms with E-state index in [1.807, 2.05) is 0 Å². The van der Waals surface area contributed by atoms with Crippen LogP contribution in [-0.2, 0) is 4.79 Å². The molecule has 7 heteroatoms. The quantitative estimate of drug-likeness (QED) is 0.819. The van der Waals surface area contributed by atoms with E-state index in [0.717, 1.165) is 24.6 Å². The zero-order chi connectivity index (χ0) is 18.5. The molecule has 3 rings (SSSR count). The van der Waals surface area contributed by atoms with Crippen molar-refractivity contribution in [3.8, 4) is 5.75 Å². The summed E-state index contributed by atoms with van der Waals surface area (Å²) in [5.41, 5.74) is -0.0829. The number of urea groups is 1. The van der Waals surface area contributed by atoms with Gasteiger partial charge in [-0.1, -0.05) is 19.8 Å². The molecule has 0 bridgehead atoms. The van der Waals surface area contributed by atoms with Crippen LogP contribution in [0, 0.1) is 5.92 Å². The number of nitrogens with one attached hydrogen (secondary N) is 2. The third-order valence-electron chi connectivity index (χ3n) is 4.65. The monoisotopic (exact) mass is 358 g/mol. The number of fused-ring (bicyclic) bond motifs is 1. The van der Waals surface area contributed by atoms with Gasteiger partial charge in [0.1, 0.15) is 11.3 Å². The molecular formula is C19H22N2O5. The summed E-state index contributed by atoms with van der Waals surface area (Å²) in [6.07, 6.45) is 4.28. The molecule has 0 aliphatic heterocycles. The Hall–Kier alpha value is -2.83. The van der Waals surface area contributed by atoms with Crippen LogP contribution in [0.2, 0.25) is 0 Å². The van der Waals surface area contributed by atoms with E-state index in [2.05, 4.69) is 17.6 Å². The lowest BCUT2D eigenvalue weighted by atomic mass is 9.86. The minimum absolute atomic E-state index is 0.0980. The SMILES string of the molecule is C[C@@H]1CCCC[C@@H]1NC(=O)NC(=O)COc1ccc2ccc(=O)oc2c1. The highest BCUT2D eigenvalue weighted by Gasteiger charge is 2.23. The summed E-state index contributed by atoms with van der Waals surface area (Å²) in [6, 6.07) is 7.51. The maximum atomic E-state index is 11.9. The molecule has 1 heterocycles. The van der Waals surface area contributed by atoms with Crippen LogP contribution < -0.4 is 21.0 Å². The molecule has 26 heavy (non-hydrogen) atoms. The van der Waals surface area contributed by atoms with Crippen molar-refractivity contribution in [3.05, 3.63) is 40.8 Å². The molecule has 0 spiro atoms. The van der Waals surface area contributed by atoms with Crippen molar-refractivity contribution < 1.29 is 18.7 Å². The standard InChI is InChI=1S/C19H22N2O5/c1-12-4-2-3-5-15(12)20-19(24)21-17(22)11-25-14-8-6-13-7-9-18(23)26-16(13)10-14/h6-10,12,15H,2-5,11H2,1H3,(H2,20,21,22,24)/t12-,15+/m1/s1. The molecule has 1 saturated carbocycles. The molecule has 2 atom stereocenters. The molecular weight excluding hydrogens is 336 g/mol. The predicted molar refractivity (Wildman–Crippen MR) is 96.1 cm³/mol. The highest BCUT2D eigenvalue weighted by molar-refractivity contribution is 5.95. The number of amides is 3. The number of rotatable bonds is 4. The Kier molecular flexibility index (Phi) is 5.55. The van der Waals surface area contributed by atoms with Gasteiger partial charge < -0.3 is 14.5 Å². The molecule has 2 N–H and O–H groups in total. The maximum Gasteiger partial charge on any atom is 0.336 e. The first kappa shape index (κ1) is 18.0. The number of ether oxygens (including phenoxy) is 1. The highest BCUT2D eigenvalue weighted by Crippen LogP contribution is 2.23. The average molecular weight is 358 g/mol. The lowest BCUT2D eigenvalue weighted by molar-refractivity contribution is -0.122. The van der Waals surface area contributed by atoms with E-state index in [-0.39, 0.29) is 12.6 Å². The summed E-state index contributed by atoms with van der Waals surface area (Å²) in [7, 11) is 0. The van der Waals surface area contributed by atoms with Gasteiger partial charge in [0.15, 0.2) is 6.61 Å². The number of carbonyl (C=O) groups is 2. The molecule has 7 nitrogen and oxygen atoms in total. The third-order valence-corrected chi connectivity index (χ3v) is 4.65. The molecule has 1 aliphatic rings. The van der Waals surface area contributed by atoms with Crippen molar-refractivity contribution in [2.24, 2.45) is 5.92 Å². The van der Waals surface area contributed by atoms with Gasteiger partial charge in [-0.3, -0.25) is 10.1 Å². The number of imide groups is 1. The molecule has 1 fully saturated rings. The molecule has 1 aromatic heterocycles. The van der Waals surface area contributed by atoms with Gasteiger partial charge in [0, 0.05) is 23.6 Å². The van der Waals surface area contributed by atoms with Crippen molar-refractivity contribution >= 4 is 22.9 Å². The summed E-state index contributed by atoms with van der Waals surface area (Å²) in [5, 5.41) is 5.88. The molecule has 0 saturated heterocycles. The third kappa shape index (κ3) is 4.62. The number of hydrogen-bond donors (Lipinski definition) is 2. The van der Waals surface area contributed by atoms with Crippen LogP contribution in [0.25, 0.3) is 11.0 Å². The Labute approximate surface area is 150 Å². The van der Waals surface area contributed by atoms with Gasteiger partial charge in [-0.25, -0.2) is 9.59 Å². The Bertz CT molecular complexity index is 860. The van der Waals surface area contributed by atoms with Gasteiger partial charge >= 0.3 is 11.7 Å². The fourth-order valence-corrected chi connectivity index (χ4v) is 3.18. The van der Waals surface area contributed by atoms with E-state index in [9.17, 15) is 14.4 Å². The minimum atomic E-state index is -0.541. The number of benzene rings is 1. The smallest absolute Gasteiger partial charge is 0.336 e. The van der Waals surface area contributed by atoms with Crippen LogP contribution >= 0.6 is 0 Å². The van der Waals surface area contributed by atoms with E-state index in [0.29, 0.717) is 17.3 Å².